The third kappa shape index (κ3) is 4.34. The van der Waals surface area contributed by atoms with Crippen LogP contribution in [0.5, 0.6) is 0 Å². The summed E-state index contributed by atoms with van der Waals surface area (Å²) in [4.78, 5) is 21.2. The van der Waals surface area contributed by atoms with Gasteiger partial charge in [0.1, 0.15) is 5.56 Å². The molecule has 2 N–H and O–H groups in total. The van der Waals surface area contributed by atoms with Gasteiger partial charge in [-0.3, -0.25) is 10.1 Å². The van der Waals surface area contributed by atoms with E-state index < -0.39 is 44.3 Å². The molecule has 2 rings (SSSR count). The van der Waals surface area contributed by atoms with Crippen LogP contribution >= 0.6 is 0 Å². The number of hydrogen-bond acceptors (Lipinski definition) is 5. The zero-order valence-electron chi connectivity index (χ0n) is 12.0. The lowest BCUT2D eigenvalue weighted by atomic mass is 10.1. The molecule has 0 aliphatic carbocycles. The average molecular weight is 367 g/mol. The van der Waals surface area contributed by atoms with Crippen LogP contribution in [0.2, 0.25) is 0 Å². The number of alkyl halides is 3. The van der Waals surface area contributed by atoms with E-state index in [0.29, 0.717) is 12.1 Å². The van der Waals surface area contributed by atoms with Gasteiger partial charge in [-0.2, -0.15) is 13.2 Å². The summed E-state index contributed by atoms with van der Waals surface area (Å²) in [5.41, 5.74) is -2.92. The molecule has 0 radical (unpaired) electrons. The van der Waals surface area contributed by atoms with E-state index in [2.05, 4.69) is 10.6 Å². The minimum absolute atomic E-state index is 0.0757. The molecule has 1 aliphatic rings. The fourth-order valence-corrected chi connectivity index (χ4v) is 3.93. The van der Waals surface area contributed by atoms with Gasteiger partial charge in [0.15, 0.2) is 9.84 Å². The molecule has 0 bridgehead atoms. The van der Waals surface area contributed by atoms with Crippen LogP contribution in [0.25, 0.3) is 0 Å². The van der Waals surface area contributed by atoms with Crippen molar-refractivity contribution < 1.29 is 31.3 Å². The molecule has 24 heavy (non-hydrogen) atoms. The normalized spacial score (nSPS) is 19.7. The fourth-order valence-electron chi connectivity index (χ4n) is 2.26. The topological polar surface area (TPSA) is 118 Å². The van der Waals surface area contributed by atoms with E-state index in [0.717, 1.165) is 6.07 Å². The molecule has 8 nitrogen and oxygen atoms in total. The van der Waals surface area contributed by atoms with E-state index in [1.165, 1.54) is 0 Å². The summed E-state index contributed by atoms with van der Waals surface area (Å²) in [6, 6.07) is 0.522. The number of carbonyl (C=O) groups is 1. The molecule has 1 aliphatic heterocycles. The zero-order valence-corrected chi connectivity index (χ0v) is 12.8. The number of anilines is 1. The molecule has 12 heteroatoms. The molecular weight excluding hydrogens is 355 g/mol. The highest BCUT2D eigenvalue weighted by Gasteiger charge is 2.38. The number of carbonyl (C=O) groups excluding carboxylic acids is 1. The Morgan fingerprint density at radius 1 is 1.33 bits per heavy atom. The quantitative estimate of drug-likeness (QED) is 0.625. The van der Waals surface area contributed by atoms with E-state index in [4.69, 9.17) is 0 Å². The first-order valence-corrected chi connectivity index (χ1v) is 8.44. The minimum Gasteiger partial charge on any atom is -0.334 e. The Hall–Kier alpha value is -2.37. The summed E-state index contributed by atoms with van der Waals surface area (Å²) in [7, 11) is -3.22. The summed E-state index contributed by atoms with van der Waals surface area (Å²) in [6.07, 6.45) is -4.75. The van der Waals surface area contributed by atoms with Gasteiger partial charge in [0.25, 0.3) is 5.69 Å². The van der Waals surface area contributed by atoms with Gasteiger partial charge in [-0.15, -0.1) is 0 Å². The maximum absolute atomic E-state index is 12.8. The van der Waals surface area contributed by atoms with Gasteiger partial charge in [-0.25, -0.2) is 13.2 Å². The third-order valence-corrected chi connectivity index (χ3v) is 5.09. The summed E-state index contributed by atoms with van der Waals surface area (Å²) in [6.45, 7) is 0. The van der Waals surface area contributed by atoms with Crippen LogP contribution in [-0.2, 0) is 16.0 Å². The summed E-state index contributed by atoms with van der Waals surface area (Å²) in [5, 5.41) is 15.1. The predicted molar refractivity (Wildman–Crippen MR) is 77.3 cm³/mol. The molecule has 1 aromatic rings. The van der Waals surface area contributed by atoms with Gasteiger partial charge in [0, 0.05) is 17.8 Å². The minimum atomic E-state index is -4.96. The molecule has 2 amide bonds. The lowest BCUT2D eigenvalue weighted by Crippen LogP contribution is -2.38. The average Bonchev–Trinajstić information content (AvgIpc) is 2.76. The Morgan fingerprint density at radius 3 is 2.50 bits per heavy atom. The van der Waals surface area contributed by atoms with Crippen LogP contribution in [0.15, 0.2) is 18.2 Å². The Kier molecular flexibility index (Phi) is 4.69. The van der Waals surface area contributed by atoms with Crippen LogP contribution in [0, 0.1) is 10.1 Å². The van der Waals surface area contributed by atoms with E-state index >= 15 is 0 Å². The second kappa shape index (κ2) is 6.26. The molecule has 0 saturated carbocycles. The maximum atomic E-state index is 12.8. The third-order valence-electron chi connectivity index (χ3n) is 3.32. The number of urea groups is 1. The molecule has 0 spiro atoms. The fraction of sp³-hybridized carbons (Fsp3) is 0.417. The molecule has 1 fully saturated rings. The Balaban J connectivity index is 2.12. The van der Waals surface area contributed by atoms with Crippen molar-refractivity contribution >= 4 is 27.2 Å². The number of nitrogens with zero attached hydrogens (tertiary/aromatic N) is 1. The van der Waals surface area contributed by atoms with Crippen LogP contribution in [-0.4, -0.2) is 36.9 Å². The molecule has 0 aromatic heterocycles. The summed E-state index contributed by atoms with van der Waals surface area (Å²) in [5.74, 6) is -0.317. The van der Waals surface area contributed by atoms with Crippen LogP contribution in [0.3, 0.4) is 0 Å². The molecule has 132 valence electrons. The van der Waals surface area contributed by atoms with Crippen LogP contribution < -0.4 is 10.6 Å². The number of amides is 2. The van der Waals surface area contributed by atoms with E-state index in [9.17, 15) is 36.5 Å². The smallest absolute Gasteiger partial charge is 0.334 e. The van der Waals surface area contributed by atoms with E-state index in [1.807, 2.05) is 0 Å². The maximum Gasteiger partial charge on any atom is 0.423 e. The van der Waals surface area contributed by atoms with Crippen molar-refractivity contribution in [2.24, 2.45) is 0 Å². The highest BCUT2D eigenvalue weighted by atomic mass is 32.2. The Labute approximate surface area is 134 Å². The Morgan fingerprint density at radius 2 is 2.00 bits per heavy atom. The largest absolute Gasteiger partial charge is 0.423 e. The van der Waals surface area contributed by atoms with Gasteiger partial charge < -0.3 is 10.6 Å². The van der Waals surface area contributed by atoms with Gasteiger partial charge in [0.2, 0.25) is 0 Å². The van der Waals surface area contributed by atoms with E-state index in [-0.39, 0.29) is 23.6 Å². The first kappa shape index (κ1) is 18.0. The van der Waals surface area contributed by atoms with Gasteiger partial charge in [-0.1, -0.05) is 0 Å². The van der Waals surface area contributed by atoms with Crippen molar-refractivity contribution in [2.75, 3.05) is 16.8 Å². The number of benzene rings is 1. The van der Waals surface area contributed by atoms with Crippen LogP contribution in [0.4, 0.5) is 29.3 Å². The highest BCUT2D eigenvalue weighted by Crippen LogP contribution is 2.37. The number of nitro groups is 1. The van der Waals surface area contributed by atoms with Gasteiger partial charge in [-0.05, 0) is 18.6 Å². The Bertz CT molecular complexity index is 779. The molecule has 1 aromatic carbocycles. The number of halogens is 3. The number of nitro benzene ring substituents is 1. The first-order valence-electron chi connectivity index (χ1n) is 6.61. The number of sulfone groups is 1. The van der Waals surface area contributed by atoms with Gasteiger partial charge >= 0.3 is 12.2 Å². The summed E-state index contributed by atoms with van der Waals surface area (Å²) < 4.78 is 61.1. The monoisotopic (exact) mass is 367 g/mol. The predicted octanol–water partition coefficient (Wildman–Crippen LogP) is 1.92. The second-order valence-electron chi connectivity index (χ2n) is 5.19. The lowest BCUT2D eigenvalue weighted by Gasteiger charge is -2.13. The van der Waals surface area contributed by atoms with Crippen LogP contribution in [0.1, 0.15) is 12.0 Å². The molecular formula is C12H12F3N3O5S. The lowest BCUT2D eigenvalue weighted by molar-refractivity contribution is -0.388. The van der Waals surface area contributed by atoms with Crippen molar-refractivity contribution in [3.63, 3.8) is 0 Å². The number of rotatable bonds is 3. The first-order chi connectivity index (χ1) is 11.0. The standard InChI is InChI=1S/C12H12F3N3O5S/c13-12(14,15)9-5-7(1-2-10(9)18(20)21)16-11(19)17-8-3-4-24(22,23)6-8/h1-2,5,8H,3-4,6H2,(H2,16,17,19). The van der Waals surface area contributed by atoms with Crippen molar-refractivity contribution in [2.45, 2.75) is 18.6 Å². The van der Waals surface area contributed by atoms with Gasteiger partial charge in [0.05, 0.1) is 16.4 Å². The molecule has 1 unspecified atom stereocenters. The molecule has 1 atom stereocenters. The van der Waals surface area contributed by atoms with Crippen molar-refractivity contribution in [3.05, 3.63) is 33.9 Å². The summed E-state index contributed by atoms with van der Waals surface area (Å²) >= 11 is 0. The molecule has 1 saturated heterocycles. The highest BCUT2D eigenvalue weighted by molar-refractivity contribution is 7.91. The second-order valence-corrected chi connectivity index (χ2v) is 7.41. The van der Waals surface area contributed by atoms with Crippen molar-refractivity contribution in [1.29, 1.82) is 0 Å². The molecule has 1 heterocycles. The SMILES string of the molecule is O=C(Nc1ccc([N+](=O)[O-])c(C(F)(F)F)c1)NC1CCS(=O)(=O)C1. The zero-order chi connectivity index (χ0) is 18.1. The van der Waals surface area contributed by atoms with E-state index in [1.54, 1.807) is 0 Å². The number of nitrogens with one attached hydrogen (secondary N) is 2. The van der Waals surface area contributed by atoms with Crippen molar-refractivity contribution in [3.8, 4) is 0 Å². The number of hydrogen-bond donors (Lipinski definition) is 2. The van der Waals surface area contributed by atoms with Crippen molar-refractivity contribution in [1.82, 2.24) is 5.32 Å².